The van der Waals surface area contributed by atoms with Crippen LogP contribution in [-0.4, -0.2) is 16.7 Å². The van der Waals surface area contributed by atoms with Crippen LogP contribution in [-0.2, 0) is 19.3 Å². The molecule has 2 nitrogen and oxygen atoms in total. The molecule has 0 saturated carbocycles. The summed E-state index contributed by atoms with van der Waals surface area (Å²) in [5, 5.41) is 12.1. The summed E-state index contributed by atoms with van der Waals surface area (Å²) in [6, 6.07) is 4.28. The molecule has 0 aliphatic rings. The van der Waals surface area contributed by atoms with Crippen molar-refractivity contribution >= 4 is 22.7 Å². The van der Waals surface area contributed by atoms with Gasteiger partial charge in [0.05, 0.1) is 10.7 Å². The number of aromatic nitrogens is 1. The molecule has 0 aromatic carbocycles. The molecule has 2 aromatic heterocycles. The molecule has 86 valence electrons. The number of aliphatic hydroxyl groups is 1. The van der Waals surface area contributed by atoms with Gasteiger partial charge < -0.3 is 5.11 Å². The third-order valence-corrected chi connectivity index (χ3v) is 4.40. The maximum absolute atomic E-state index is 8.84. The van der Waals surface area contributed by atoms with Crippen molar-refractivity contribution < 1.29 is 5.11 Å². The Labute approximate surface area is 104 Å². The molecule has 2 heterocycles. The summed E-state index contributed by atoms with van der Waals surface area (Å²) >= 11 is 3.51. The third kappa shape index (κ3) is 3.14. The number of thiazole rings is 1. The topological polar surface area (TPSA) is 33.1 Å². The van der Waals surface area contributed by atoms with Gasteiger partial charge in [-0.05, 0) is 31.9 Å². The molecule has 0 spiro atoms. The second-order valence-electron chi connectivity index (χ2n) is 3.70. The van der Waals surface area contributed by atoms with E-state index in [1.54, 1.807) is 22.7 Å². The smallest absolute Gasteiger partial charge is 0.0897 e. The molecule has 0 aliphatic heterocycles. The van der Waals surface area contributed by atoms with Crippen LogP contribution >= 0.6 is 22.7 Å². The van der Waals surface area contributed by atoms with Gasteiger partial charge in [0, 0.05) is 28.2 Å². The molecular weight excluding hydrogens is 238 g/mol. The van der Waals surface area contributed by atoms with Gasteiger partial charge in [0.25, 0.3) is 0 Å². The summed E-state index contributed by atoms with van der Waals surface area (Å²) in [7, 11) is 0. The Morgan fingerprint density at radius 3 is 2.56 bits per heavy atom. The predicted molar refractivity (Wildman–Crippen MR) is 69.4 cm³/mol. The minimum Gasteiger partial charge on any atom is -0.396 e. The molecule has 0 unspecified atom stereocenters. The van der Waals surface area contributed by atoms with Gasteiger partial charge >= 0.3 is 0 Å². The Morgan fingerprint density at radius 1 is 1.19 bits per heavy atom. The number of thiophene rings is 1. The minimum atomic E-state index is 0.241. The molecule has 2 rings (SSSR count). The van der Waals surface area contributed by atoms with Gasteiger partial charge in [0.2, 0.25) is 0 Å². The summed E-state index contributed by atoms with van der Waals surface area (Å²) in [6.45, 7) is 2.28. The van der Waals surface area contributed by atoms with E-state index in [0.717, 1.165) is 24.3 Å². The molecule has 0 fully saturated rings. The Morgan fingerprint density at radius 2 is 1.94 bits per heavy atom. The largest absolute Gasteiger partial charge is 0.396 e. The molecule has 0 bridgehead atoms. The van der Waals surface area contributed by atoms with Crippen molar-refractivity contribution in [1.29, 1.82) is 0 Å². The SMILES string of the molecule is Cc1nc(CCc2ccc(CCO)s2)cs1. The lowest BCUT2D eigenvalue weighted by Gasteiger charge is -1.94. The van der Waals surface area contributed by atoms with Crippen LogP contribution in [0.25, 0.3) is 0 Å². The normalized spacial score (nSPS) is 10.9. The molecule has 2 aromatic rings. The fraction of sp³-hybridized carbons (Fsp3) is 0.417. The van der Waals surface area contributed by atoms with Gasteiger partial charge in [-0.3, -0.25) is 0 Å². The lowest BCUT2D eigenvalue weighted by molar-refractivity contribution is 0.300. The van der Waals surface area contributed by atoms with Gasteiger partial charge in [-0.25, -0.2) is 4.98 Å². The van der Waals surface area contributed by atoms with E-state index >= 15 is 0 Å². The van der Waals surface area contributed by atoms with Gasteiger partial charge in [-0.1, -0.05) is 0 Å². The fourth-order valence-electron chi connectivity index (χ4n) is 1.58. The van der Waals surface area contributed by atoms with E-state index in [4.69, 9.17) is 5.11 Å². The van der Waals surface area contributed by atoms with Crippen LogP contribution in [0, 0.1) is 6.92 Å². The molecule has 0 atom stereocenters. The zero-order valence-electron chi connectivity index (χ0n) is 9.27. The monoisotopic (exact) mass is 253 g/mol. The van der Waals surface area contributed by atoms with E-state index in [1.165, 1.54) is 15.4 Å². The van der Waals surface area contributed by atoms with Gasteiger partial charge in [0.1, 0.15) is 0 Å². The Bertz CT molecular complexity index is 447. The van der Waals surface area contributed by atoms with Crippen LogP contribution in [0.4, 0.5) is 0 Å². The second-order valence-corrected chi connectivity index (χ2v) is 6.01. The lowest BCUT2D eigenvalue weighted by atomic mass is 10.2. The quantitative estimate of drug-likeness (QED) is 0.889. The zero-order chi connectivity index (χ0) is 11.4. The van der Waals surface area contributed by atoms with Crippen LogP contribution in [0.1, 0.15) is 20.5 Å². The Kier molecular flexibility index (Phi) is 4.09. The van der Waals surface area contributed by atoms with E-state index in [9.17, 15) is 0 Å². The number of aryl methyl sites for hydroxylation is 3. The highest BCUT2D eigenvalue weighted by molar-refractivity contribution is 7.12. The van der Waals surface area contributed by atoms with Gasteiger partial charge in [0.15, 0.2) is 0 Å². The number of rotatable bonds is 5. The van der Waals surface area contributed by atoms with Crippen LogP contribution in [0.2, 0.25) is 0 Å². The first-order valence-corrected chi connectivity index (χ1v) is 7.07. The highest BCUT2D eigenvalue weighted by Gasteiger charge is 2.02. The molecule has 1 N–H and O–H groups in total. The van der Waals surface area contributed by atoms with Crippen molar-refractivity contribution in [3.8, 4) is 0 Å². The summed E-state index contributed by atoms with van der Waals surface area (Å²) in [5.41, 5.74) is 1.19. The van der Waals surface area contributed by atoms with E-state index in [-0.39, 0.29) is 6.61 Å². The van der Waals surface area contributed by atoms with E-state index < -0.39 is 0 Å². The predicted octanol–water partition coefficient (Wildman–Crippen LogP) is 2.83. The number of hydrogen-bond acceptors (Lipinski definition) is 4. The first-order chi connectivity index (χ1) is 7.78. The first kappa shape index (κ1) is 11.8. The van der Waals surface area contributed by atoms with E-state index in [2.05, 4.69) is 22.5 Å². The zero-order valence-corrected chi connectivity index (χ0v) is 10.9. The minimum absolute atomic E-state index is 0.241. The molecular formula is C12H15NOS2. The standard InChI is InChI=1S/C12H15NOS2/c1-9-13-10(8-15-9)2-3-11-4-5-12(16-11)6-7-14/h4-5,8,14H,2-3,6-7H2,1H3. The van der Waals surface area contributed by atoms with Gasteiger partial charge in [-0.15, -0.1) is 22.7 Å². The maximum atomic E-state index is 8.84. The highest BCUT2D eigenvalue weighted by Crippen LogP contribution is 2.19. The van der Waals surface area contributed by atoms with Crippen molar-refractivity contribution in [2.45, 2.75) is 26.2 Å². The second kappa shape index (κ2) is 5.57. The summed E-state index contributed by atoms with van der Waals surface area (Å²) in [6.07, 6.45) is 2.85. The summed E-state index contributed by atoms with van der Waals surface area (Å²) in [5.74, 6) is 0. The van der Waals surface area contributed by atoms with Crippen molar-refractivity contribution in [1.82, 2.24) is 4.98 Å². The van der Waals surface area contributed by atoms with Crippen molar-refractivity contribution in [3.63, 3.8) is 0 Å². The first-order valence-electron chi connectivity index (χ1n) is 5.37. The molecule has 0 saturated heterocycles. The third-order valence-electron chi connectivity index (χ3n) is 2.37. The number of nitrogens with zero attached hydrogens (tertiary/aromatic N) is 1. The number of hydrogen-bond donors (Lipinski definition) is 1. The van der Waals surface area contributed by atoms with Crippen molar-refractivity contribution in [3.05, 3.63) is 38.0 Å². The Hall–Kier alpha value is -0.710. The van der Waals surface area contributed by atoms with Crippen LogP contribution < -0.4 is 0 Å². The lowest BCUT2D eigenvalue weighted by Crippen LogP contribution is -1.89. The molecule has 0 aliphatic carbocycles. The fourth-order valence-corrected chi connectivity index (χ4v) is 3.23. The molecule has 4 heteroatoms. The average molecular weight is 253 g/mol. The highest BCUT2D eigenvalue weighted by atomic mass is 32.1. The van der Waals surface area contributed by atoms with Crippen molar-refractivity contribution in [2.24, 2.45) is 0 Å². The molecule has 0 radical (unpaired) electrons. The number of aliphatic hydroxyl groups excluding tert-OH is 1. The van der Waals surface area contributed by atoms with Gasteiger partial charge in [-0.2, -0.15) is 0 Å². The maximum Gasteiger partial charge on any atom is 0.0897 e. The van der Waals surface area contributed by atoms with Crippen LogP contribution in [0.5, 0.6) is 0 Å². The van der Waals surface area contributed by atoms with Crippen molar-refractivity contribution in [2.75, 3.05) is 6.61 Å². The molecule has 0 amide bonds. The van der Waals surface area contributed by atoms with E-state index in [0.29, 0.717) is 0 Å². The molecule has 16 heavy (non-hydrogen) atoms. The van der Waals surface area contributed by atoms with E-state index in [1.807, 2.05) is 6.92 Å². The van der Waals surface area contributed by atoms with Crippen LogP contribution in [0.15, 0.2) is 17.5 Å². The average Bonchev–Trinajstić information content (AvgIpc) is 2.85. The van der Waals surface area contributed by atoms with Crippen LogP contribution in [0.3, 0.4) is 0 Å². The summed E-state index contributed by atoms with van der Waals surface area (Å²) < 4.78 is 0. The Balaban J connectivity index is 1.89. The summed E-state index contributed by atoms with van der Waals surface area (Å²) in [4.78, 5) is 7.11.